The van der Waals surface area contributed by atoms with Crippen molar-refractivity contribution in [3.63, 3.8) is 0 Å². The summed E-state index contributed by atoms with van der Waals surface area (Å²) < 4.78 is 1.86. The zero-order chi connectivity index (χ0) is 14.7. The van der Waals surface area contributed by atoms with Gasteiger partial charge in [0, 0.05) is 6.20 Å². The van der Waals surface area contributed by atoms with Crippen molar-refractivity contribution >= 4 is 11.3 Å². The Morgan fingerprint density at radius 1 is 1.00 bits per heavy atom. The van der Waals surface area contributed by atoms with E-state index < -0.39 is 0 Å². The van der Waals surface area contributed by atoms with Crippen molar-refractivity contribution in [3.8, 4) is 12.1 Å². The first-order valence-corrected chi connectivity index (χ1v) is 6.29. The molecule has 100 valence electrons. The second kappa shape index (κ2) is 5.32. The third kappa shape index (κ3) is 2.26. The lowest BCUT2D eigenvalue weighted by atomic mass is 10.1. The molecule has 0 saturated carbocycles. The molecule has 0 aliphatic carbocycles. The van der Waals surface area contributed by atoms with Crippen LogP contribution < -0.4 is 5.32 Å². The molecular formula is C15H10N6. The van der Waals surface area contributed by atoms with Gasteiger partial charge >= 0.3 is 0 Å². The van der Waals surface area contributed by atoms with E-state index in [2.05, 4.69) is 27.7 Å². The SMILES string of the molecule is N#Cc1cccc(C#N)c1NCc1nnc2ccccn12. The van der Waals surface area contributed by atoms with Crippen LogP contribution in [0.1, 0.15) is 17.0 Å². The van der Waals surface area contributed by atoms with Gasteiger partial charge in [-0.05, 0) is 24.3 Å². The summed E-state index contributed by atoms with van der Waals surface area (Å²) in [6, 6.07) is 14.8. The van der Waals surface area contributed by atoms with Gasteiger partial charge in [-0.15, -0.1) is 10.2 Å². The first kappa shape index (κ1) is 12.6. The Hall–Kier alpha value is -3.38. The summed E-state index contributed by atoms with van der Waals surface area (Å²) in [6.45, 7) is 0.374. The molecule has 1 aromatic carbocycles. The van der Waals surface area contributed by atoms with Crippen LogP contribution in [0.25, 0.3) is 5.65 Å². The molecule has 1 N–H and O–H groups in total. The van der Waals surface area contributed by atoms with E-state index in [9.17, 15) is 0 Å². The minimum absolute atomic E-state index is 0.374. The lowest BCUT2D eigenvalue weighted by molar-refractivity contribution is 0.917. The fourth-order valence-electron chi connectivity index (χ4n) is 2.11. The molecule has 6 nitrogen and oxygen atoms in total. The number of rotatable bonds is 3. The van der Waals surface area contributed by atoms with E-state index in [1.807, 2.05) is 28.8 Å². The van der Waals surface area contributed by atoms with Crippen molar-refractivity contribution in [1.29, 1.82) is 10.5 Å². The largest absolute Gasteiger partial charge is 0.376 e. The smallest absolute Gasteiger partial charge is 0.160 e. The van der Waals surface area contributed by atoms with Gasteiger partial charge in [0.05, 0.1) is 23.4 Å². The van der Waals surface area contributed by atoms with Crippen LogP contribution in [-0.4, -0.2) is 14.6 Å². The van der Waals surface area contributed by atoms with Crippen LogP contribution in [0.2, 0.25) is 0 Å². The van der Waals surface area contributed by atoms with Crippen LogP contribution in [-0.2, 0) is 6.54 Å². The minimum Gasteiger partial charge on any atom is -0.376 e. The van der Waals surface area contributed by atoms with Gasteiger partial charge in [-0.25, -0.2) is 0 Å². The lowest BCUT2D eigenvalue weighted by Gasteiger charge is -2.08. The third-order valence-corrected chi connectivity index (χ3v) is 3.11. The first-order chi connectivity index (χ1) is 10.3. The molecule has 0 bridgehead atoms. The minimum atomic E-state index is 0.374. The molecule has 6 heteroatoms. The van der Waals surface area contributed by atoms with Gasteiger partial charge in [0.15, 0.2) is 11.5 Å². The molecule has 0 saturated heterocycles. The molecule has 3 rings (SSSR count). The monoisotopic (exact) mass is 274 g/mol. The van der Waals surface area contributed by atoms with Gasteiger partial charge in [0.1, 0.15) is 12.1 Å². The number of para-hydroxylation sites is 1. The molecule has 2 heterocycles. The van der Waals surface area contributed by atoms with Gasteiger partial charge < -0.3 is 5.32 Å². The maximum Gasteiger partial charge on any atom is 0.160 e. The number of nitriles is 2. The van der Waals surface area contributed by atoms with Crippen LogP contribution in [0.4, 0.5) is 5.69 Å². The van der Waals surface area contributed by atoms with Crippen LogP contribution in [0.15, 0.2) is 42.6 Å². The number of nitrogens with zero attached hydrogens (tertiary/aromatic N) is 5. The zero-order valence-corrected chi connectivity index (χ0v) is 11.0. The topological polar surface area (TPSA) is 89.8 Å². The third-order valence-electron chi connectivity index (χ3n) is 3.11. The van der Waals surface area contributed by atoms with Gasteiger partial charge in [-0.3, -0.25) is 4.40 Å². The summed E-state index contributed by atoms with van der Waals surface area (Å²) in [5.74, 6) is 0.710. The second-order valence-corrected chi connectivity index (χ2v) is 4.35. The Balaban J connectivity index is 1.92. The Labute approximate surface area is 120 Å². The van der Waals surface area contributed by atoms with Crippen LogP contribution in [0.3, 0.4) is 0 Å². The number of aromatic nitrogens is 3. The second-order valence-electron chi connectivity index (χ2n) is 4.35. The van der Waals surface area contributed by atoms with Gasteiger partial charge in [-0.2, -0.15) is 10.5 Å². The molecular weight excluding hydrogens is 264 g/mol. The van der Waals surface area contributed by atoms with E-state index in [1.165, 1.54) is 0 Å². The molecule has 21 heavy (non-hydrogen) atoms. The number of pyridine rings is 1. The molecule has 0 fully saturated rings. The van der Waals surface area contributed by atoms with E-state index in [1.54, 1.807) is 18.2 Å². The van der Waals surface area contributed by atoms with Crippen LogP contribution in [0.5, 0.6) is 0 Å². The van der Waals surface area contributed by atoms with Gasteiger partial charge in [-0.1, -0.05) is 12.1 Å². The molecule has 2 aromatic heterocycles. The summed E-state index contributed by atoms with van der Waals surface area (Å²) in [7, 11) is 0. The first-order valence-electron chi connectivity index (χ1n) is 6.29. The van der Waals surface area contributed by atoms with Crippen molar-refractivity contribution in [1.82, 2.24) is 14.6 Å². The van der Waals surface area contributed by atoms with Crippen LogP contribution >= 0.6 is 0 Å². The standard InChI is InChI=1S/C15H10N6/c16-8-11-4-3-5-12(9-17)15(11)18-10-14-20-19-13-6-1-2-7-21(13)14/h1-7,18H,10H2. The highest BCUT2D eigenvalue weighted by molar-refractivity contribution is 5.66. The Kier molecular flexibility index (Phi) is 3.20. The number of benzene rings is 1. The molecule has 0 spiro atoms. The van der Waals surface area contributed by atoms with Gasteiger partial charge in [0.2, 0.25) is 0 Å². The molecule has 0 aliphatic rings. The predicted octanol–water partition coefficient (Wildman–Crippen LogP) is 2.08. The highest BCUT2D eigenvalue weighted by atomic mass is 15.3. The summed E-state index contributed by atoms with van der Waals surface area (Å²) in [5.41, 5.74) is 2.14. The summed E-state index contributed by atoms with van der Waals surface area (Å²) >= 11 is 0. The van der Waals surface area contributed by atoms with E-state index >= 15 is 0 Å². The van der Waals surface area contributed by atoms with E-state index in [0.717, 1.165) is 5.65 Å². The van der Waals surface area contributed by atoms with Crippen molar-refractivity contribution < 1.29 is 0 Å². The fraction of sp³-hybridized carbons (Fsp3) is 0.0667. The molecule has 0 amide bonds. The maximum absolute atomic E-state index is 9.13. The Morgan fingerprint density at radius 2 is 1.76 bits per heavy atom. The number of hydrogen-bond acceptors (Lipinski definition) is 5. The van der Waals surface area contributed by atoms with Crippen molar-refractivity contribution in [2.75, 3.05) is 5.32 Å². The highest BCUT2D eigenvalue weighted by Crippen LogP contribution is 2.20. The van der Waals surface area contributed by atoms with E-state index in [0.29, 0.717) is 29.2 Å². The van der Waals surface area contributed by atoms with Crippen molar-refractivity contribution in [3.05, 3.63) is 59.5 Å². The van der Waals surface area contributed by atoms with Gasteiger partial charge in [0.25, 0.3) is 0 Å². The highest BCUT2D eigenvalue weighted by Gasteiger charge is 2.10. The number of anilines is 1. The average Bonchev–Trinajstić information content (AvgIpc) is 2.95. The fourth-order valence-corrected chi connectivity index (χ4v) is 2.11. The quantitative estimate of drug-likeness (QED) is 0.789. The van der Waals surface area contributed by atoms with E-state index in [4.69, 9.17) is 10.5 Å². The van der Waals surface area contributed by atoms with E-state index in [-0.39, 0.29) is 0 Å². The molecule has 0 radical (unpaired) electrons. The molecule has 3 aromatic rings. The zero-order valence-electron chi connectivity index (χ0n) is 11.0. The Bertz CT molecular complexity index is 849. The number of fused-ring (bicyclic) bond motifs is 1. The van der Waals surface area contributed by atoms with Crippen LogP contribution in [0, 0.1) is 22.7 Å². The molecule has 0 unspecified atom stereocenters. The lowest BCUT2D eigenvalue weighted by Crippen LogP contribution is -2.06. The summed E-state index contributed by atoms with van der Waals surface area (Å²) in [6.07, 6.45) is 1.87. The Morgan fingerprint density at radius 3 is 2.48 bits per heavy atom. The average molecular weight is 274 g/mol. The normalized spacial score (nSPS) is 10.0. The maximum atomic E-state index is 9.13. The number of hydrogen-bond donors (Lipinski definition) is 1. The summed E-state index contributed by atoms with van der Waals surface area (Å²) in [5, 5.41) is 29.5. The van der Waals surface area contributed by atoms with Crippen molar-refractivity contribution in [2.45, 2.75) is 6.54 Å². The predicted molar refractivity (Wildman–Crippen MR) is 76.2 cm³/mol. The summed E-state index contributed by atoms with van der Waals surface area (Å²) in [4.78, 5) is 0. The van der Waals surface area contributed by atoms with Crippen molar-refractivity contribution in [2.24, 2.45) is 0 Å². The number of nitrogens with one attached hydrogen (secondary N) is 1. The molecule has 0 atom stereocenters. The molecule has 0 aliphatic heterocycles.